The van der Waals surface area contributed by atoms with Crippen LogP contribution < -0.4 is 10.6 Å². The van der Waals surface area contributed by atoms with Crippen LogP contribution in [-0.2, 0) is 16.0 Å². The largest absolute Gasteiger partial charge is 0.381 e. The number of hydrogen-bond donors (Lipinski definition) is 2. The van der Waals surface area contributed by atoms with E-state index in [0.29, 0.717) is 25.1 Å². The number of carbonyl (C=O) groups excluding carboxylic acids is 2. The summed E-state index contributed by atoms with van der Waals surface area (Å²) < 4.78 is 5.34. The van der Waals surface area contributed by atoms with Crippen LogP contribution in [0.5, 0.6) is 0 Å². The highest BCUT2D eigenvalue weighted by Gasteiger charge is 2.18. The van der Waals surface area contributed by atoms with Crippen molar-refractivity contribution in [3.63, 3.8) is 0 Å². The van der Waals surface area contributed by atoms with E-state index in [1.165, 1.54) is 0 Å². The fourth-order valence-electron chi connectivity index (χ4n) is 2.08. The van der Waals surface area contributed by atoms with Gasteiger partial charge >= 0.3 is 0 Å². The molecule has 108 valence electrons. The molecule has 2 amide bonds. The van der Waals surface area contributed by atoms with Crippen LogP contribution in [0.2, 0.25) is 0 Å². The van der Waals surface area contributed by atoms with Crippen LogP contribution in [0.4, 0.5) is 5.69 Å². The molecule has 0 saturated heterocycles. The van der Waals surface area contributed by atoms with E-state index in [9.17, 15) is 9.59 Å². The molecule has 0 fully saturated rings. The van der Waals surface area contributed by atoms with Crippen molar-refractivity contribution < 1.29 is 14.3 Å². The van der Waals surface area contributed by atoms with Gasteiger partial charge in [0.1, 0.15) is 0 Å². The third-order valence-corrected chi connectivity index (χ3v) is 3.10. The monoisotopic (exact) mass is 276 g/mol. The van der Waals surface area contributed by atoms with E-state index >= 15 is 0 Å². The molecule has 5 nitrogen and oxygen atoms in total. The van der Waals surface area contributed by atoms with Crippen molar-refractivity contribution in [1.29, 1.82) is 0 Å². The van der Waals surface area contributed by atoms with Crippen LogP contribution >= 0.6 is 0 Å². The molecule has 2 rings (SSSR count). The first-order valence-electron chi connectivity index (χ1n) is 6.99. The van der Waals surface area contributed by atoms with E-state index in [4.69, 9.17) is 4.74 Å². The van der Waals surface area contributed by atoms with Crippen molar-refractivity contribution in [2.24, 2.45) is 0 Å². The number of amides is 2. The number of carbonyl (C=O) groups is 2. The zero-order valence-corrected chi connectivity index (χ0v) is 11.7. The first-order valence-corrected chi connectivity index (χ1v) is 6.99. The van der Waals surface area contributed by atoms with Gasteiger partial charge < -0.3 is 15.4 Å². The van der Waals surface area contributed by atoms with E-state index in [2.05, 4.69) is 17.6 Å². The number of benzene rings is 1. The highest BCUT2D eigenvalue weighted by molar-refractivity contribution is 6.02. The Morgan fingerprint density at radius 2 is 2.25 bits per heavy atom. The molecule has 0 spiro atoms. The summed E-state index contributed by atoms with van der Waals surface area (Å²) in [4.78, 5) is 23.2. The fraction of sp³-hybridized carbons (Fsp3) is 0.467. The highest BCUT2D eigenvalue weighted by atomic mass is 16.5. The molecule has 2 N–H and O–H groups in total. The Morgan fingerprint density at radius 3 is 3.05 bits per heavy atom. The third-order valence-electron chi connectivity index (χ3n) is 3.10. The molecule has 0 aliphatic carbocycles. The van der Waals surface area contributed by atoms with Crippen molar-refractivity contribution in [2.45, 2.75) is 26.2 Å². The minimum atomic E-state index is -0.121. The molecule has 1 aliphatic heterocycles. The molecule has 0 radical (unpaired) electrons. The molecule has 1 aromatic rings. The summed E-state index contributed by atoms with van der Waals surface area (Å²) in [5.41, 5.74) is 2.26. The minimum Gasteiger partial charge on any atom is -0.381 e. The van der Waals surface area contributed by atoms with E-state index in [-0.39, 0.29) is 11.8 Å². The number of nitrogens with one attached hydrogen (secondary N) is 2. The first-order chi connectivity index (χ1) is 9.70. The van der Waals surface area contributed by atoms with E-state index < -0.39 is 0 Å². The summed E-state index contributed by atoms with van der Waals surface area (Å²) in [6.07, 6.45) is 2.20. The molecule has 0 aromatic heterocycles. The summed E-state index contributed by atoms with van der Waals surface area (Å²) in [7, 11) is 0. The SMILES string of the molecule is CCCOCCCNC(=O)c1ccc2c(c1)NC(=O)C2. The van der Waals surface area contributed by atoms with E-state index in [1.807, 2.05) is 6.07 Å². The standard InChI is InChI=1S/C15H20N2O3/c1-2-7-20-8-3-6-16-15(19)12-5-4-11-10-14(18)17-13(11)9-12/h4-5,9H,2-3,6-8,10H2,1H3,(H,16,19)(H,17,18). The number of fused-ring (bicyclic) bond motifs is 1. The van der Waals surface area contributed by atoms with Gasteiger partial charge in [0.15, 0.2) is 0 Å². The summed E-state index contributed by atoms with van der Waals surface area (Å²) >= 11 is 0. The zero-order chi connectivity index (χ0) is 14.4. The van der Waals surface area contributed by atoms with Crippen molar-refractivity contribution >= 4 is 17.5 Å². The third kappa shape index (κ3) is 3.81. The maximum absolute atomic E-state index is 12.0. The van der Waals surface area contributed by atoms with Crippen molar-refractivity contribution in [3.05, 3.63) is 29.3 Å². The van der Waals surface area contributed by atoms with Gasteiger partial charge in [-0.05, 0) is 30.5 Å². The Morgan fingerprint density at radius 1 is 1.40 bits per heavy atom. The molecule has 0 atom stereocenters. The number of anilines is 1. The molecular weight excluding hydrogens is 256 g/mol. The average molecular weight is 276 g/mol. The van der Waals surface area contributed by atoms with E-state index in [1.54, 1.807) is 12.1 Å². The van der Waals surface area contributed by atoms with Crippen LogP contribution in [0, 0.1) is 0 Å². The average Bonchev–Trinajstić information content (AvgIpc) is 2.81. The van der Waals surface area contributed by atoms with Gasteiger partial charge in [-0.3, -0.25) is 9.59 Å². The second kappa shape index (κ2) is 7.05. The maximum Gasteiger partial charge on any atom is 0.251 e. The number of hydrogen-bond acceptors (Lipinski definition) is 3. The minimum absolute atomic E-state index is 0.0226. The smallest absolute Gasteiger partial charge is 0.251 e. The lowest BCUT2D eigenvalue weighted by molar-refractivity contribution is -0.115. The van der Waals surface area contributed by atoms with Gasteiger partial charge in [-0.2, -0.15) is 0 Å². The lowest BCUT2D eigenvalue weighted by Crippen LogP contribution is -2.25. The Bertz CT molecular complexity index is 500. The van der Waals surface area contributed by atoms with Crippen LogP contribution in [0.25, 0.3) is 0 Å². The Hall–Kier alpha value is -1.88. The molecular formula is C15H20N2O3. The zero-order valence-electron chi connectivity index (χ0n) is 11.7. The maximum atomic E-state index is 12.0. The van der Waals surface area contributed by atoms with Gasteiger partial charge in [-0.25, -0.2) is 0 Å². The summed E-state index contributed by atoms with van der Waals surface area (Å²) in [5.74, 6) is -0.143. The summed E-state index contributed by atoms with van der Waals surface area (Å²) in [5, 5.41) is 5.59. The lowest BCUT2D eigenvalue weighted by Gasteiger charge is -2.07. The van der Waals surface area contributed by atoms with Gasteiger partial charge in [0.05, 0.1) is 6.42 Å². The Labute approximate surface area is 118 Å². The Kier molecular flexibility index (Phi) is 5.12. The van der Waals surface area contributed by atoms with Crippen LogP contribution in [0.15, 0.2) is 18.2 Å². The van der Waals surface area contributed by atoms with Crippen LogP contribution in [0.1, 0.15) is 35.7 Å². The number of ether oxygens (including phenoxy) is 1. The van der Waals surface area contributed by atoms with Gasteiger partial charge in [-0.15, -0.1) is 0 Å². The second-order valence-electron chi connectivity index (χ2n) is 4.82. The predicted octanol–water partition coefficient (Wildman–Crippen LogP) is 1.73. The molecule has 1 aromatic carbocycles. The van der Waals surface area contributed by atoms with Gasteiger partial charge in [0, 0.05) is 31.0 Å². The van der Waals surface area contributed by atoms with Gasteiger partial charge in [0.2, 0.25) is 5.91 Å². The van der Waals surface area contributed by atoms with Crippen LogP contribution in [0.3, 0.4) is 0 Å². The van der Waals surface area contributed by atoms with Crippen LogP contribution in [-0.4, -0.2) is 31.6 Å². The van der Waals surface area contributed by atoms with Crippen molar-refractivity contribution in [1.82, 2.24) is 5.32 Å². The molecule has 5 heteroatoms. The normalized spacial score (nSPS) is 12.9. The van der Waals surface area contributed by atoms with Crippen molar-refractivity contribution in [2.75, 3.05) is 25.1 Å². The summed E-state index contributed by atoms with van der Waals surface area (Å²) in [6.45, 7) is 4.08. The lowest BCUT2D eigenvalue weighted by atomic mass is 10.1. The molecule has 1 aliphatic rings. The number of rotatable bonds is 7. The molecule has 1 heterocycles. The van der Waals surface area contributed by atoms with Gasteiger partial charge in [0.25, 0.3) is 5.91 Å². The predicted molar refractivity (Wildman–Crippen MR) is 76.8 cm³/mol. The quantitative estimate of drug-likeness (QED) is 0.745. The highest BCUT2D eigenvalue weighted by Crippen LogP contribution is 2.23. The molecule has 0 unspecified atom stereocenters. The van der Waals surface area contributed by atoms with E-state index in [0.717, 1.165) is 30.7 Å². The molecule has 0 bridgehead atoms. The van der Waals surface area contributed by atoms with Gasteiger partial charge in [-0.1, -0.05) is 13.0 Å². The fourth-order valence-corrected chi connectivity index (χ4v) is 2.08. The topological polar surface area (TPSA) is 67.4 Å². The first kappa shape index (κ1) is 14.5. The second-order valence-corrected chi connectivity index (χ2v) is 4.82. The Balaban J connectivity index is 1.79. The molecule has 20 heavy (non-hydrogen) atoms. The summed E-state index contributed by atoms with van der Waals surface area (Å²) in [6, 6.07) is 5.30. The molecule has 0 saturated carbocycles. The van der Waals surface area contributed by atoms with Crippen molar-refractivity contribution in [3.8, 4) is 0 Å².